The number of para-hydroxylation sites is 1. The summed E-state index contributed by atoms with van der Waals surface area (Å²) in [6, 6.07) is 17.5. The first-order valence-corrected chi connectivity index (χ1v) is 11.5. The Kier molecular flexibility index (Phi) is 7.49. The summed E-state index contributed by atoms with van der Waals surface area (Å²) in [7, 11) is -3.50. The Labute approximate surface area is 182 Å². The minimum absolute atomic E-state index is 0.191. The second-order valence-electron chi connectivity index (χ2n) is 6.79. The summed E-state index contributed by atoms with van der Waals surface area (Å²) in [5.41, 5.74) is 1.42. The normalized spacial score (nSPS) is 11.5. The molecule has 0 spiro atoms. The number of carbonyl (C=O) groups is 1. The number of furan rings is 1. The number of rotatable bonds is 10. The van der Waals surface area contributed by atoms with E-state index in [0.29, 0.717) is 24.4 Å². The Morgan fingerprint density at radius 1 is 1.00 bits per heavy atom. The highest BCUT2D eigenvalue weighted by Gasteiger charge is 2.21. The molecule has 1 aromatic heterocycles. The van der Waals surface area contributed by atoms with E-state index >= 15 is 0 Å². The van der Waals surface area contributed by atoms with Crippen molar-refractivity contribution in [2.75, 3.05) is 13.1 Å². The number of nitrogens with zero attached hydrogens (tertiary/aromatic N) is 1. The summed E-state index contributed by atoms with van der Waals surface area (Å²) < 4.78 is 37.6. The fourth-order valence-electron chi connectivity index (χ4n) is 3.08. The van der Waals surface area contributed by atoms with Crippen molar-refractivity contribution >= 4 is 15.9 Å². The first-order chi connectivity index (χ1) is 15.0. The fourth-order valence-corrected chi connectivity index (χ4v) is 4.54. The van der Waals surface area contributed by atoms with Crippen LogP contribution in [0.3, 0.4) is 0 Å². The molecule has 8 heteroatoms. The van der Waals surface area contributed by atoms with Gasteiger partial charge in [-0.05, 0) is 35.9 Å². The van der Waals surface area contributed by atoms with Crippen molar-refractivity contribution in [3.05, 3.63) is 83.8 Å². The van der Waals surface area contributed by atoms with E-state index in [-0.39, 0.29) is 29.7 Å². The highest BCUT2D eigenvalue weighted by molar-refractivity contribution is 7.89. The molecule has 1 heterocycles. The molecule has 2 aromatic carbocycles. The number of hydrogen-bond acceptors (Lipinski definition) is 5. The van der Waals surface area contributed by atoms with Crippen molar-refractivity contribution < 1.29 is 22.4 Å². The van der Waals surface area contributed by atoms with Crippen molar-refractivity contribution in [3.8, 4) is 5.75 Å². The SMILES string of the molecule is CCN(CC)S(=O)(=O)c1ccc(CNC(=O)c2occc2COc2ccccc2)cc1. The molecular formula is C23H26N2O5S. The molecule has 31 heavy (non-hydrogen) atoms. The van der Waals surface area contributed by atoms with Gasteiger partial charge in [0.25, 0.3) is 5.91 Å². The molecule has 0 aliphatic carbocycles. The van der Waals surface area contributed by atoms with Gasteiger partial charge in [0, 0.05) is 25.2 Å². The fraction of sp³-hybridized carbons (Fsp3) is 0.261. The third-order valence-corrected chi connectivity index (χ3v) is 6.87. The minimum Gasteiger partial charge on any atom is -0.489 e. The van der Waals surface area contributed by atoms with Crippen LogP contribution in [-0.4, -0.2) is 31.7 Å². The minimum atomic E-state index is -3.50. The summed E-state index contributed by atoms with van der Waals surface area (Å²) in [4.78, 5) is 12.8. The maximum absolute atomic E-state index is 12.6. The number of amides is 1. The van der Waals surface area contributed by atoms with E-state index < -0.39 is 10.0 Å². The molecule has 0 saturated carbocycles. The van der Waals surface area contributed by atoms with Crippen molar-refractivity contribution in [2.45, 2.75) is 31.9 Å². The van der Waals surface area contributed by atoms with E-state index in [1.165, 1.54) is 10.6 Å². The zero-order chi connectivity index (χ0) is 22.3. The van der Waals surface area contributed by atoms with Crippen LogP contribution < -0.4 is 10.1 Å². The summed E-state index contributed by atoms with van der Waals surface area (Å²) >= 11 is 0. The molecule has 0 aliphatic heterocycles. The van der Waals surface area contributed by atoms with Gasteiger partial charge in [0.1, 0.15) is 12.4 Å². The first kappa shape index (κ1) is 22.6. The van der Waals surface area contributed by atoms with E-state index in [1.807, 2.05) is 30.3 Å². The van der Waals surface area contributed by atoms with Crippen LogP contribution in [0.2, 0.25) is 0 Å². The zero-order valence-corrected chi connectivity index (χ0v) is 18.4. The van der Waals surface area contributed by atoms with Gasteiger partial charge in [-0.15, -0.1) is 0 Å². The van der Waals surface area contributed by atoms with Crippen molar-refractivity contribution in [2.24, 2.45) is 0 Å². The topological polar surface area (TPSA) is 88.9 Å². The number of carbonyl (C=O) groups excluding carboxylic acids is 1. The smallest absolute Gasteiger partial charge is 0.287 e. The Morgan fingerprint density at radius 2 is 1.68 bits per heavy atom. The molecule has 0 atom stereocenters. The number of benzene rings is 2. The second kappa shape index (κ2) is 10.3. The number of hydrogen-bond donors (Lipinski definition) is 1. The average Bonchev–Trinajstić information content (AvgIpc) is 3.26. The van der Waals surface area contributed by atoms with Gasteiger partial charge in [0.05, 0.1) is 11.2 Å². The molecule has 164 valence electrons. The van der Waals surface area contributed by atoms with Crippen molar-refractivity contribution in [1.82, 2.24) is 9.62 Å². The lowest BCUT2D eigenvalue weighted by Gasteiger charge is -2.18. The Balaban J connectivity index is 1.60. The van der Waals surface area contributed by atoms with Gasteiger partial charge < -0.3 is 14.5 Å². The molecule has 0 radical (unpaired) electrons. The van der Waals surface area contributed by atoms with Crippen molar-refractivity contribution in [3.63, 3.8) is 0 Å². The first-order valence-electron chi connectivity index (χ1n) is 10.1. The van der Waals surface area contributed by atoms with E-state index in [9.17, 15) is 13.2 Å². The van der Waals surface area contributed by atoms with E-state index in [1.54, 1.807) is 44.2 Å². The van der Waals surface area contributed by atoms with Gasteiger partial charge in [0.2, 0.25) is 10.0 Å². The number of nitrogens with one attached hydrogen (secondary N) is 1. The predicted octanol–water partition coefficient (Wildman–Crippen LogP) is 3.82. The predicted molar refractivity (Wildman–Crippen MR) is 117 cm³/mol. The van der Waals surface area contributed by atoms with Crippen LogP contribution in [0.5, 0.6) is 5.75 Å². The van der Waals surface area contributed by atoms with Crippen LogP contribution in [0.15, 0.2) is 76.2 Å². The monoisotopic (exact) mass is 442 g/mol. The van der Waals surface area contributed by atoms with Gasteiger partial charge in [-0.25, -0.2) is 8.42 Å². The standard InChI is InChI=1S/C23H26N2O5S/c1-3-25(4-2)31(27,28)21-12-10-18(11-13-21)16-24-23(26)22-19(14-15-29-22)17-30-20-8-6-5-7-9-20/h5-15H,3-4,16-17H2,1-2H3,(H,24,26). The summed E-state index contributed by atoms with van der Waals surface area (Å²) in [6.45, 7) is 4.88. The molecule has 7 nitrogen and oxygen atoms in total. The largest absolute Gasteiger partial charge is 0.489 e. The molecular weight excluding hydrogens is 416 g/mol. The summed E-state index contributed by atoms with van der Waals surface area (Å²) in [5, 5.41) is 2.80. The maximum atomic E-state index is 12.6. The Morgan fingerprint density at radius 3 is 2.32 bits per heavy atom. The highest BCUT2D eigenvalue weighted by atomic mass is 32.2. The highest BCUT2D eigenvalue weighted by Crippen LogP contribution is 2.18. The van der Waals surface area contributed by atoms with Crippen LogP contribution in [-0.2, 0) is 23.2 Å². The molecule has 0 fully saturated rings. The summed E-state index contributed by atoms with van der Waals surface area (Å²) in [5.74, 6) is 0.531. The third kappa shape index (κ3) is 5.53. The number of sulfonamides is 1. The molecule has 1 amide bonds. The molecule has 3 rings (SSSR count). The average molecular weight is 443 g/mol. The van der Waals surface area contributed by atoms with Crippen LogP contribution in [0.4, 0.5) is 0 Å². The van der Waals surface area contributed by atoms with Gasteiger partial charge in [0.15, 0.2) is 5.76 Å². The lowest BCUT2D eigenvalue weighted by molar-refractivity contribution is 0.0919. The second-order valence-corrected chi connectivity index (χ2v) is 8.73. The van der Waals surface area contributed by atoms with Crippen molar-refractivity contribution in [1.29, 1.82) is 0 Å². The third-order valence-electron chi connectivity index (χ3n) is 4.81. The van der Waals surface area contributed by atoms with Crippen LogP contribution in [0, 0.1) is 0 Å². The molecule has 0 bridgehead atoms. The van der Waals surface area contributed by atoms with E-state index in [4.69, 9.17) is 9.15 Å². The molecule has 1 N–H and O–H groups in total. The number of ether oxygens (including phenoxy) is 1. The van der Waals surface area contributed by atoms with Gasteiger partial charge in [-0.1, -0.05) is 44.2 Å². The molecule has 3 aromatic rings. The van der Waals surface area contributed by atoms with Crippen LogP contribution in [0.25, 0.3) is 0 Å². The van der Waals surface area contributed by atoms with Gasteiger partial charge in [-0.3, -0.25) is 4.79 Å². The van der Waals surface area contributed by atoms with E-state index in [0.717, 1.165) is 5.56 Å². The Hall–Kier alpha value is -3.10. The maximum Gasteiger partial charge on any atom is 0.287 e. The van der Waals surface area contributed by atoms with Gasteiger partial charge >= 0.3 is 0 Å². The quantitative estimate of drug-likeness (QED) is 0.516. The zero-order valence-electron chi connectivity index (χ0n) is 17.6. The summed E-state index contributed by atoms with van der Waals surface area (Å²) in [6.07, 6.45) is 1.45. The van der Waals surface area contributed by atoms with Crippen LogP contribution >= 0.6 is 0 Å². The molecule has 0 unspecified atom stereocenters. The Bertz CT molecular complexity index is 1090. The van der Waals surface area contributed by atoms with Crippen LogP contribution in [0.1, 0.15) is 35.5 Å². The molecule has 0 saturated heterocycles. The molecule has 0 aliphatic rings. The lowest BCUT2D eigenvalue weighted by Crippen LogP contribution is -2.30. The van der Waals surface area contributed by atoms with E-state index in [2.05, 4.69) is 5.32 Å². The lowest BCUT2D eigenvalue weighted by atomic mass is 10.2. The van der Waals surface area contributed by atoms with Gasteiger partial charge in [-0.2, -0.15) is 4.31 Å².